The lowest BCUT2D eigenvalue weighted by molar-refractivity contribution is 0.0699. The van der Waals surface area contributed by atoms with E-state index in [-0.39, 0.29) is 17.3 Å². The van der Waals surface area contributed by atoms with Crippen LogP contribution in [0.2, 0.25) is 0 Å². The van der Waals surface area contributed by atoms with Crippen molar-refractivity contribution in [3.05, 3.63) is 41.5 Å². The van der Waals surface area contributed by atoms with Gasteiger partial charge in [0.15, 0.2) is 0 Å². The first-order valence-corrected chi connectivity index (χ1v) is 10.8. The standard InChI is InChI=1S/C23H27N5O3/c1-14-13-16-19(27-23(2)9-10-23)25-20(26-21(16)31-14)22(29)28-11-7-15(8-12-28)17-5-4-6-18(24-17)30-3/h4-6,13,15H,7-12H2,1-3H3,(H,25,26,27). The van der Waals surface area contributed by atoms with Crippen molar-refractivity contribution in [1.82, 2.24) is 19.9 Å². The van der Waals surface area contributed by atoms with Crippen LogP contribution in [-0.4, -0.2) is 51.5 Å². The normalized spacial score (nSPS) is 18.2. The van der Waals surface area contributed by atoms with Gasteiger partial charge in [-0.15, -0.1) is 0 Å². The molecular weight excluding hydrogens is 394 g/mol. The van der Waals surface area contributed by atoms with E-state index in [0.717, 1.165) is 42.5 Å². The molecule has 0 bridgehead atoms. The van der Waals surface area contributed by atoms with Crippen LogP contribution in [0.5, 0.6) is 5.88 Å². The average molecular weight is 422 g/mol. The van der Waals surface area contributed by atoms with Crippen LogP contribution in [0.1, 0.15) is 60.6 Å². The van der Waals surface area contributed by atoms with Crippen LogP contribution in [0, 0.1) is 6.92 Å². The number of aryl methyl sites for hydroxylation is 1. The van der Waals surface area contributed by atoms with Crippen LogP contribution in [0.15, 0.2) is 28.7 Å². The Kier molecular flexibility index (Phi) is 4.79. The van der Waals surface area contributed by atoms with E-state index in [1.54, 1.807) is 7.11 Å². The van der Waals surface area contributed by atoms with Gasteiger partial charge in [-0.1, -0.05) is 6.07 Å². The summed E-state index contributed by atoms with van der Waals surface area (Å²) in [6.07, 6.45) is 3.86. The minimum atomic E-state index is -0.156. The van der Waals surface area contributed by atoms with Crippen molar-refractivity contribution in [2.24, 2.45) is 0 Å². The van der Waals surface area contributed by atoms with Gasteiger partial charge in [-0.05, 0) is 51.7 Å². The van der Waals surface area contributed by atoms with Gasteiger partial charge in [0.05, 0.1) is 12.5 Å². The maximum Gasteiger partial charge on any atom is 0.291 e. The second-order valence-corrected chi connectivity index (χ2v) is 8.83. The summed E-state index contributed by atoms with van der Waals surface area (Å²) < 4.78 is 11.0. The number of anilines is 1. The van der Waals surface area contributed by atoms with E-state index in [0.29, 0.717) is 36.4 Å². The van der Waals surface area contributed by atoms with E-state index >= 15 is 0 Å². The smallest absolute Gasteiger partial charge is 0.291 e. The largest absolute Gasteiger partial charge is 0.481 e. The van der Waals surface area contributed by atoms with E-state index in [4.69, 9.17) is 9.15 Å². The summed E-state index contributed by atoms with van der Waals surface area (Å²) in [4.78, 5) is 28.7. The van der Waals surface area contributed by atoms with Gasteiger partial charge in [-0.2, -0.15) is 4.98 Å². The number of pyridine rings is 1. The van der Waals surface area contributed by atoms with Gasteiger partial charge in [0.1, 0.15) is 11.6 Å². The number of carbonyl (C=O) groups is 1. The van der Waals surface area contributed by atoms with Crippen molar-refractivity contribution in [3.63, 3.8) is 0 Å². The number of nitrogens with one attached hydrogen (secondary N) is 1. The first-order valence-electron chi connectivity index (χ1n) is 10.8. The Morgan fingerprint density at radius 3 is 2.71 bits per heavy atom. The van der Waals surface area contributed by atoms with Crippen molar-refractivity contribution in [2.75, 3.05) is 25.5 Å². The molecule has 5 rings (SSSR count). The molecule has 1 amide bonds. The third kappa shape index (κ3) is 3.94. The fourth-order valence-corrected chi connectivity index (χ4v) is 4.12. The summed E-state index contributed by atoms with van der Waals surface area (Å²) >= 11 is 0. The van der Waals surface area contributed by atoms with Gasteiger partial charge in [0.25, 0.3) is 5.91 Å². The summed E-state index contributed by atoms with van der Waals surface area (Å²) in [5, 5.41) is 4.31. The third-order valence-corrected chi connectivity index (χ3v) is 6.28. The van der Waals surface area contributed by atoms with E-state index in [2.05, 4.69) is 27.2 Å². The highest BCUT2D eigenvalue weighted by atomic mass is 16.5. The number of furan rings is 1. The molecule has 0 spiro atoms. The number of ether oxygens (including phenoxy) is 1. The highest BCUT2D eigenvalue weighted by Crippen LogP contribution is 2.39. The summed E-state index contributed by atoms with van der Waals surface area (Å²) in [7, 11) is 1.62. The highest BCUT2D eigenvalue weighted by molar-refractivity contribution is 5.95. The van der Waals surface area contributed by atoms with Crippen molar-refractivity contribution in [3.8, 4) is 5.88 Å². The van der Waals surface area contributed by atoms with Crippen LogP contribution in [-0.2, 0) is 0 Å². The first kappa shape index (κ1) is 19.8. The van der Waals surface area contributed by atoms with Gasteiger partial charge >= 0.3 is 0 Å². The fourth-order valence-electron chi connectivity index (χ4n) is 4.12. The summed E-state index contributed by atoms with van der Waals surface area (Å²) in [6, 6.07) is 7.75. The number of aromatic nitrogens is 3. The number of methoxy groups -OCH3 is 1. The molecule has 1 aliphatic heterocycles. The Bertz CT molecular complexity index is 1130. The number of hydrogen-bond acceptors (Lipinski definition) is 7. The molecule has 8 nitrogen and oxygen atoms in total. The number of hydrogen-bond donors (Lipinski definition) is 1. The molecule has 1 aliphatic carbocycles. The zero-order valence-corrected chi connectivity index (χ0v) is 18.1. The summed E-state index contributed by atoms with van der Waals surface area (Å²) in [5.41, 5.74) is 1.51. The topological polar surface area (TPSA) is 93.4 Å². The molecule has 1 N–H and O–H groups in total. The monoisotopic (exact) mass is 421 g/mol. The zero-order valence-electron chi connectivity index (χ0n) is 18.1. The molecule has 2 fully saturated rings. The minimum Gasteiger partial charge on any atom is -0.481 e. The van der Waals surface area contributed by atoms with Crippen molar-refractivity contribution in [1.29, 1.82) is 0 Å². The van der Waals surface area contributed by atoms with E-state index < -0.39 is 0 Å². The molecule has 8 heteroatoms. The van der Waals surface area contributed by atoms with E-state index in [9.17, 15) is 4.79 Å². The average Bonchev–Trinajstić information content (AvgIpc) is 3.38. The molecule has 3 aromatic rings. The summed E-state index contributed by atoms with van der Waals surface area (Å²) in [6.45, 7) is 5.32. The Hall–Kier alpha value is -3.16. The predicted octanol–water partition coefficient (Wildman–Crippen LogP) is 3.92. The summed E-state index contributed by atoms with van der Waals surface area (Å²) in [5.74, 6) is 2.40. The van der Waals surface area contributed by atoms with Crippen LogP contribution in [0.3, 0.4) is 0 Å². The maximum absolute atomic E-state index is 13.2. The Balaban J connectivity index is 1.34. The number of carbonyl (C=O) groups excluding carboxylic acids is 1. The Morgan fingerprint density at radius 2 is 2.00 bits per heavy atom. The Labute approximate surface area is 181 Å². The van der Waals surface area contributed by atoms with Crippen LogP contribution >= 0.6 is 0 Å². The fraction of sp³-hybridized carbons (Fsp3) is 0.478. The van der Waals surface area contributed by atoms with Gasteiger partial charge < -0.3 is 19.4 Å². The molecule has 0 unspecified atom stereocenters. The molecule has 0 aromatic carbocycles. The molecule has 4 heterocycles. The van der Waals surface area contributed by atoms with Gasteiger partial charge in [0.2, 0.25) is 17.4 Å². The molecule has 2 aliphatic rings. The Morgan fingerprint density at radius 1 is 1.23 bits per heavy atom. The lowest BCUT2D eigenvalue weighted by atomic mass is 9.93. The maximum atomic E-state index is 13.2. The molecule has 162 valence electrons. The first-order chi connectivity index (χ1) is 14.9. The van der Waals surface area contributed by atoms with Crippen LogP contribution in [0.25, 0.3) is 11.1 Å². The third-order valence-electron chi connectivity index (χ3n) is 6.28. The number of rotatable bonds is 5. The molecule has 3 aromatic heterocycles. The van der Waals surface area contributed by atoms with Gasteiger partial charge in [0, 0.05) is 36.3 Å². The molecular formula is C23H27N5O3. The van der Waals surface area contributed by atoms with Crippen LogP contribution in [0.4, 0.5) is 5.82 Å². The lowest BCUT2D eigenvalue weighted by Gasteiger charge is -2.31. The number of piperidine rings is 1. The predicted molar refractivity (Wildman–Crippen MR) is 116 cm³/mol. The number of fused-ring (bicyclic) bond motifs is 1. The number of nitrogens with zero attached hydrogens (tertiary/aromatic N) is 4. The number of likely N-dealkylation sites (tertiary alicyclic amines) is 1. The zero-order chi connectivity index (χ0) is 21.6. The second kappa shape index (κ2) is 7.51. The lowest BCUT2D eigenvalue weighted by Crippen LogP contribution is -2.39. The molecule has 0 radical (unpaired) electrons. The van der Waals surface area contributed by atoms with Gasteiger partial charge in [-0.3, -0.25) is 4.79 Å². The van der Waals surface area contributed by atoms with E-state index in [1.165, 1.54) is 0 Å². The van der Waals surface area contributed by atoms with E-state index in [1.807, 2.05) is 36.1 Å². The molecule has 31 heavy (non-hydrogen) atoms. The van der Waals surface area contributed by atoms with Crippen molar-refractivity contribution < 1.29 is 13.9 Å². The van der Waals surface area contributed by atoms with Crippen LogP contribution < -0.4 is 10.1 Å². The van der Waals surface area contributed by atoms with Crippen molar-refractivity contribution in [2.45, 2.75) is 51.0 Å². The van der Waals surface area contributed by atoms with Gasteiger partial charge in [-0.25, -0.2) is 9.97 Å². The second-order valence-electron chi connectivity index (χ2n) is 8.83. The molecule has 0 atom stereocenters. The van der Waals surface area contributed by atoms with Crippen molar-refractivity contribution >= 4 is 22.8 Å². The molecule has 1 saturated carbocycles. The minimum absolute atomic E-state index is 0.0366. The quantitative estimate of drug-likeness (QED) is 0.667. The number of amides is 1. The SMILES string of the molecule is COc1cccc(C2CCN(C(=O)c3nc(NC4(C)CC4)c4cc(C)oc4n3)CC2)n1. The highest BCUT2D eigenvalue weighted by Gasteiger charge is 2.38. The molecule has 1 saturated heterocycles.